The first kappa shape index (κ1) is 9.72. The zero-order valence-electron chi connectivity index (χ0n) is 8.09. The van der Waals surface area contributed by atoms with Crippen LogP contribution in [0.2, 0.25) is 0 Å². The lowest BCUT2D eigenvalue weighted by Gasteiger charge is -2.03. The highest BCUT2D eigenvalue weighted by atomic mass is 19.1. The molecule has 2 nitrogen and oxygen atoms in total. The fourth-order valence-corrected chi connectivity index (χ4v) is 1.27. The number of carbonyl (C=O) groups excluding carboxylic acids is 1. The molecule has 1 amide bonds. The molecule has 1 N–H and O–H groups in total. The largest absolute Gasteiger partial charge is 0.349 e. The number of rotatable bonds is 2. The van der Waals surface area contributed by atoms with Crippen LogP contribution in [0, 0.1) is 18.2 Å². The maximum Gasteiger partial charge on any atom is 0.251 e. The SMILES string of the molecule is C#Cc1ccc(C(=O)NC2CC2)cc1F. The van der Waals surface area contributed by atoms with Crippen LogP contribution in [0.3, 0.4) is 0 Å². The molecule has 15 heavy (non-hydrogen) atoms. The van der Waals surface area contributed by atoms with Gasteiger partial charge in [0, 0.05) is 11.6 Å². The van der Waals surface area contributed by atoms with Gasteiger partial charge in [-0.25, -0.2) is 4.39 Å². The number of benzene rings is 1. The lowest BCUT2D eigenvalue weighted by Crippen LogP contribution is -2.25. The monoisotopic (exact) mass is 203 g/mol. The molecule has 1 aliphatic carbocycles. The van der Waals surface area contributed by atoms with E-state index in [0.717, 1.165) is 12.8 Å². The molecule has 0 aliphatic heterocycles. The van der Waals surface area contributed by atoms with Gasteiger partial charge in [-0.15, -0.1) is 6.42 Å². The minimum Gasteiger partial charge on any atom is -0.349 e. The molecule has 0 spiro atoms. The van der Waals surface area contributed by atoms with Gasteiger partial charge in [0.1, 0.15) is 5.82 Å². The number of nitrogens with one attached hydrogen (secondary N) is 1. The van der Waals surface area contributed by atoms with Crippen molar-refractivity contribution in [2.75, 3.05) is 0 Å². The van der Waals surface area contributed by atoms with E-state index in [1.54, 1.807) is 0 Å². The van der Waals surface area contributed by atoms with Crippen molar-refractivity contribution < 1.29 is 9.18 Å². The zero-order valence-corrected chi connectivity index (χ0v) is 8.09. The Bertz CT molecular complexity index is 443. The smallest absolute Gasteiger partial charge is 0.251 e. The Morgan fingerprint density at radius 2 is 2.27 bits per heavy atom. The summed E-state index contributed by atoms with van der Waals surface area (Å²) in [6.45, 7) is 0. The fourth-order valence-electron chi connectivity index (χ4n) is 1.27. The van der Waals surface area contributed by atoms with Crippen LogP contribution >= 0.6 is 0 Å². The van der Waals surface area contributed by atoms with Gasteiger partial charge in [-0.2, -0.15) is 0 Å². The Morgan fingerprint density at radius 3 is 2.80 bits per heavy atom. The number of hydrogen-bond acceptors (Lipinski definition) is 1. The number of amides is 1. The molecule has 1 aromatic rings. The average Bonchev–Trinajstić information content (AvgIpc) is 3.01. The molecule has 0 aromatic heterocycles. The standard InChI is InChI=1S/C12H10FNO/c1-2-8-3-4-9(7-11(8)13)12(15)14-10-5-6-10/h1,3-4,7,10H,5-6H2,(H,14,15). The van der Waals surface area contributed by atoms with Crippen LogP contribution in [0.25, 0.3) is 0 Å². The van der Waals surface area contributed by atoms with Gasteiger partial charge in [0.15, 0.2) is 0 Å². The predicted molar refractivity (Wildman–Crippen MR) is 54.8 cm³/mol. The van der Waals surface area contributed by atoms with Gasteiger partial charge in [-0.3, -0.25) is 4.79 Å². The van der Waals surface area contributed by atoms with Gasteiger partial charge in [-0.05, 0) is 31.0 Å². The van der Waals surface area contributed by atoms with Crippen molar-refractivity contribution in [3.8, 4) is 12.3 Å². The van der Waals surface area contributed by atoms with Gasteiger partial charge in [0.2, 0.25) is 0 Å². The van der Waals surface area contributed by atoms with Crippen LogP contribution in [0.4, 0.5) is 4.39 Å². The van der Waals surface area contributed by atoms with Crippen molar-refractivity contribution in [2.45, 2.75) is 18.9 Å². The summed E-state index contributed by atoms with van der Waals surface area (Å²) in [4.78, 5) is 11.5. The Hall–Kier alpha value is -1.82. The van der Waals surface area contributed by atoms with E-state index in [-0.39, 0.29) is 17.5 Å². The maximum atomic E-state index is 13.2. The molecule has 0 radical (unpaired) electrons. The van der Waals surface area contributed by atoms with Gasteiger partial charge in [0.05, 0.1) is 5.56 Å². The normalized spacial score (nSPS) is 14.4. The van der Waals surface area contributed by atoms with E-state index in [1.165, 1.54) is 18.2 Å². The molecule has 1 saturated carbocycles. The fraction of sp³-hybridized carbons (Fsp3) is 0.250. The Kier molecular flexibility index (Phi) is 2.42. The molecule has 0 heterocycles. The van der Waals surface area contributed by atoms with Gasteiger partial charge >= 0.3 is 0 Å². The number of carbonyl (C=O) groups is 1. The Labute approximate surface area is 87.5 Å². The topological polar surface area (TPSA) is 29.1 Å². The lowest BCUT2D eigenvalue weighted by molar-refractivity contribution is 0.0950. The summed E-state index contributed by atoms with van der Waals surface area (Å²) in [5, 5.41) is 2.78. The number of hydrogen-bond donors (Lipinski definition) is 1. The predicted octanol–water partition coefficient (Wildman–Crippen LogP) is 1.70. The second kappa shape index (κ2) is 3.74. The average molecular weight is 203 g/mol. The summed E-state index contributed by atoms with van der Waals surface area (Å²) in [5.74, 6) is 1.44. The third-order valence-electron chi connectivity index (χ3n) is 2.30. The summed E-state index contributed by atoms with van der Waals surface area (Å²) in [5.41, 5.74) is 0.497. The molecule has 0 unspecified atom stereocenters. The second-order valence-electron chi connectivity index (χ2n) is 3.59. The lowest BCUT2D eigenvalue weighted by atomic mass is 10.1. The van der Waals surface area contributed by atoms with Crippen molar-refractivity contribution in [3.05, 3.63) is 35.1 Å². The Morgan fingerprint density at radius 1 is 1.53 bits per heavy atom. The number of halogens is 1. The summed E-state index contributed by atoms with van der Waals surface area (Å²) >= 11 is 0. The molecule has 0 bridgehead atoms. The van der Waals surface area contributed by atoms with E-state index in [1.807, 2.05) is 0 Å². The summed E-state index contributed by atoms with van der Waals surface area (Å²) in [6.07, 6.45) is 7.10. The van der Waals surface area contributed by atoms with E-state index < -0.39 is 5.82 Å². The van der Waals surface area contributed by atoms with Gasteiger partial charge < -0.3 is 5.32 Å². The van der Waals surface area contributed by atoms with Crippen LogP contribution in [-0.4, -0.2) is 11.9 Å². The highest BCUT2D eigenvalue weighted by Crippen LogP contribution is 2.19. The van der Waals surface area contributed by atoms with Crippen molar-refractivity contribution >= 4 is 5.91 Å². The minimum absolute atomic E-state index is 0.179. The summed E-state index contributed by atoms with van der Waals surface area (Å²) in [7, 11) is 0. The third kappa shape index (κ3) is 2.16. The summed E-state index contributed by atoms with van der Waals surface area (Å²) < 4.78 is 13.2. The first-order chi connectivity index (χ1) is 7.20. The van der Waals surface area contributed by atoms with E-state index in [0.29, 0.717) is 5.56 Å². The molecule has 1 aliphatic rings. The minimum atomic E-state index is -0.527. The van der Waals surface area contributed by atoms with Crippen LogP contribution < -0.4 is 5.32 Å². The van der Waals surface area contributed by atoms with E-state index in [9.17, 15) is 9.18 Å². The molecule has 2 rings (SSSR count). The molecule has 1 aromatic carbocycles. The van der Waals surface area contributed by atoms with E-state index in [4.69, 9.17) is 6.42 Å². The van der Waals surface area contributed by atoms with E-state index in [2.05, 4.69) is 11.2 Å². The molecule has 0 atom stereocenters. The molecular formula is C12H10FNO. The van der Waals surface area contributed by atoms with Crippen molar-refractivity contribution in [1.29, 1.82) is 0 Å². The molecule has 3 heteroatoms. The highest BCUT2D eigenvalue weighted by Gasteiger charge is 2.23. The highest BCUT2D eigenvalue weighted by molar-refractivity contribution is 5.94. The van der Waals surface area contributed by atoms with Crippen LogP contribution in [0.15, 0.2) is 18.2 Å². The third-order valence-corrected chi connectivity index (χ3v) is 2.30. The second-order valence-corrected chi connectivity index (χ2v) is 3.59. The van der Waals surface area contributed by atoms with Crippen LogP contribution in [-0.2, 0) is 0 Å². The molecular weight excluding hydrogens is 193 g/mol. The van der Waals surface area contributed by atoms with Crippen LogP contribution in [0.1, 0.15) is 28.8 Å². The Balaban J connectivity index is 2.18. The maximum absolute atomic E-state index is 13.2. The van der Waals surface area contributed by atoms with Crippen molar-refractivity contribution in [3.63, 3.8) is 0 Å². The first-order valence-electron chi connectivity index (χ1n) is 4.77. The van der Waals surface area contributed by atoms with Gasteiger partial charge in [-0.1, -0.05) is 5.92 Å². The molecule has 0 saturated heterocycles. The first-order valence-corrected chi connectivity index (χ1v) is 4.77. The van der Waals surface area contributed by atoms with Crippen molar-refractivity contribution in [1.82, 2.24) is 5.32 Å². The summed E-state index contributed by atoms with van der Waals surface area (Å²) in [6, 6.07) is 4.42. The number of terminal acetylenes is 1. The van der Waals surface area contributed by atoms with Crippen LogP contribution in [0.5, 0.6) is 0 Å². The van der Waals surface area contributed by atoms with Gasteiger partial charge in [0.25, 0.3) is 5.91 Å². The van der Waals surface area contributed by atoms with E-state index >= 15 is 0 Å². The van der Waals surface area contributed by atoms with Crippen molar-refractivity contribution in [2.24, 2.45) is 0 Å². The molecule has 1 fully saturated rings. The molecule has 76 valence electrons. The zero-order chi connectivity index (χ0) is 10.8. The quantitative estimate of drug-likeness (QED) is 0.728.